The van der Waals surface area contributed by atoms with Gasteiger partial charge in [0.2, 0.25) is 0 Å². The van der Waals surface area contributed by atoms with E-state index in [1.165, 1.54) is 24.1 Å². The summed E-state index contributed by atoms with van der Waals surface area (Å²) in [6.07, 6.45) is 0.907. The first-order valence-corrected chi connectivity index (χ1v) is 11.5. The summed E-state index contributed by atoms with van der Waals surface area (Å²) in [6.45, 7) is 0.942. The standard InChI is InChI=1S/C25H23ClFN3O4/c1-34-23(31)3-2-10-28-24(32)21-12-19-18-9-6-16(26)11-20(18)29(22(19)14-30(21)25(28)33)13-15-4-7-17(27)8-5-15/h4-9,11,21H,2-3,10,12-14H2,1H3/t21-/m0/s1. The molecule has 2 aliphatic heterocycles. The number of ether oxygens (including phenoxy) is 1. The maximum absolute atomic E-state index is 13.4. The van der Waals surface area contributed by atoms with E-state index in [1.54, 1.807) is 17.0 Å². The van der Waals surface area contributed by atoms with Crippen molar-refractivity contribution in [2.75, 3.05) is 13.7 Å². The molecule has 1 atom stereocenters. The lowest BCUT2D eigenvalue weighted by molar-refractivity contribution is -0.141. The van der Waals surface area contributed by atoms with Gasteiger partial charge in [0.15, 0.2) is 0 Å². The molecule has 0 N–H and O–H groups in total. The molecule has 3 amide bonds. The lowest BCUT2D eigenvalue weighted by Gasteiger charge is -2.28. The fraction of sp³-hybridized carbons (Fsp3) is 0.320. The Kier molecular flexibility index (Phi) is 5.77. The fourth-order valence-corrected chi connectivity index (χ4v) is 5.09. The van der Waals surface area contributed by atoms with Gasteiger partial charge in [0, 0.05) is 42.0 Å². The number of rotatable bonds is 6. The highest BCUT2D eigenvalue weighted by molar-refractivity contribution is 6.31. The minimum Gasteiger partial charge on any atom is -0.469 e. The van der Waals surface area contributed by atoms with Gasteiger partial charge in [-0.15, -0.1) is 0 Å². The molecular formula is C25H23ClFN3O4. The zero-order valence-electron chi connectivity index (χ0n) is 18.6. The molecule has 3 heterocycles. The van der Waals surface area contributed by atoms with Crippen LogP contribution in [0.3, 0.4) is 0 Å². The summed E-state index contributed by atoms with van der Waals surface area (Å²) in [7, 11) is 1.31. The van der Waals surface area contributed by atoms with Gasteiger partial charge in [-0.1, -0.05) is 29.8 Å². The number of fused-ring (bicyclic) bond motifs is 4. The maximum atomic E-state index is 13.4. The molecule has 176 valence electrons. The number of amides is 3. The van der Waals surface area contributed by atoms with Crippen LogP contribution in [0.2, 0.25) is 5.02 Å². The molecule has 1 saturated heterocycles. The van der Waals surface area contributed by atoms with Gasteiger partial charge < -0.3 is 14.2 Å². The number of hydrogen-bond acceptors (Lipinski definition) is 4. The Hall–Kier alpha value is -3.39. The largest absolute Gasteiger partial charge is 0.469 e. The number of hydrogen-bond donors (Lipinski definition) is 0. The molecule has 1 aromatic heterocycles. The number of carbonyl (C=O) groups excluding carboxylic acids is 3. The van der Waals surface area contributed by atoms with E-state index in [0.717, 1.165) is 27.7 Å². The van der Waals surface area contributed by atoms with Crippen LogP contribution in [0.25, 0.3) is 10.9 Å². The van der Waals surface area contributed by atoms with Crippen molar-refractivity contribution in [3.63, 3.8) is 0 Å². The number of halogens is 2. The van der Waals surface area contributed by atoms with Crippen LogP contribution in [0.4, 0.5) is 9.18 Å². The van der Waals surface area contributed by atoms with Crippen LogP contribution in [0.5, 0.6) is 0 Å². The number of urea groups is 1. The van der Waals surface area contributed by atoms with Crippen LogP contribution < -0.4 is 0 Å². The lowest BCUT2D eigenvalue weighted by Crippen LogP contribution is -2.40. The van der Waals surface area contributed by atoms with E-state index >= 15 is 0 Å². The molecule has 0 aliphatic carbocycles. The molecule has 0 unspecified atom stereocenters. The van der Waals surface area contributed by atoms with Gasteiger partial charge in [-0.25, -0.2) is 9.18 Å². The summed E-state index contributed by atoms with van der Waals surface area (Å²) < 4.78 is 20.2. The van der Waals surface area contributed by atoms with Crippen molar-refractivity contribution in [2.24, 2.45) is 0 Å². The van der Waals surface area contributed by atoms with Crippen LogP contribution >= 0.6 is 11.6 Å². The molecule has 2 aromatic carbocycles. The molecule has 7 nitrogen and oxygen atoms in total. The van der Waals surface area contributed by atoms with Crippen molar-refractivity contribution >= 4 is 40.4 Å². The highest BCUT2D eigenvalue weighted by Gasteiger charge is 2.48. The summed E-state index contributed by atoms with van der Waals surface area (Å²) in [5, 5.41) is 1.58. The fourth-order valence-electron chi connectivity index (χ4n) is 4.92. The third-order valence-corrected chi connectivity index (χ3v) is 6.85. The Bertz CT molecular complexity index is 1300. The third-order valence-electron chi connectivity index (χ3n) is 6.62. The second kappa shape index (κ2) is 8.76. The Morgan fingerprint density at radius 1 is 1.18 bits per heavy atom. The van der Waals surface area contributed by atoms with Crippen molar-refractivity contribution in [1.29, 1.82) is 0 Å². The first-order chi connectivity index (χ1) is 16.4. The molecule has 5 rings (SSSR count). The number of carbonyl (C=O) groups is 3. The molecule has 9 heteroatoms. The van der Waals surface area contributed by atoms with Crippen molar-refractivity contribution in [3.8, 4) is 0 Å². The van der Waals surface area contributed by atoms with Crippen LogP contribution in [0, 0.1) is 5.82 Å². The van der Waals surface area contributed by atoms with Gasteiger partial charge in [0.05, 0.1) is 19.2 Å². The first-order valence-electron chi connectivity index (χ1n) is 11.1. The average Bonchev–Trinajstić information content (AvgIpc) is 3.25. The highest BCUT2D eigenvalue weighted by Crippen LogP contribution is 2.37. The first kappa shape index (κ1) is 22.4. The van der Waals surface area contributed by atoms with Crippen LogP contribution in [0.15, 0.2) is 42.5 Å². The van der Waals surface area contributed by atoms with Gasteiger partial charge in [-0.3, -0.25) is 14.5 Å². The second-order valence-corrected chi connectivity index (χ2v) is 9.04. The monoisotopic (exact) mass is 483 g/mol. The van der Waals surface area contributed by atoms with E-state index in [9.17, 15) is 18.8 Å². The predicted molar refractivity (Wildman–Crippen MR) is 124 cm³/mol. The summed E-state index contributed by atoms with van der Waals surface area (Å²) in [4.78, 5) is 40.5. The van der Waals surface area contributed by atoms with Gasteiger partial charge in [-0.05, 0) is 41.8 Å². The van der Waals surface area contributed by atoms with Gasteiger partial charge in [0.1, 0.15) is 11.9 Å². The number of benzene rings is 2. The SMILES string of the molecule is COC(=O)CCCN1C(=O)[C@@H]2Cc3c(n(Cc4ccc(F)cc4)c4cc(Cl)ccc34)CN2C1=O. The molecule has 1 fully saturated rings. The minimum absolute atomic E-state index is 0.145. The van der Waals surface area contributed by atoms with E-state index in [0.29, 0.717) is 24.4 Å². The van der Waals surface area contributed by atoms with E-state index in [-0.39, 0.29) is 43.2 Å². The van der Waals surface area contributed by atoms with Gasteiger partial charge in [-0.2, -0.15) is 0 Å². The Balaban J connectivity index is 1.48. The number of aromatic nitrogens is 1. The summed E-state index contributed by atoms with van der Waals surface area (Å²) in [5.41, 5.74) is 3.79. The number of imide groups is 1. The quantitative estimate of drug-likeness (QED) is 0.390. The maximum Gasteiger partial charge on any atom is 0.327 e. The average molecular weight is 484 g/mol. The van der Waals surface area contributed by atoms with Crippen molar-refractivity contribution in [1.82, 2.24) is 14.4 Å². The van der Waals surface area contributed by atoms with Gasteiger partial charge in [0.25, 0.3) is 5.91 Å². The summed E-state index contributed by atoms with van der Waals surface area (Å²) in [6, 6.07) is 11.0. The predicted octanol–water partition coefficient (Wildman–Crippen LogP) is 4.12. The molecule has 0 saturated carbocycles. The molecule has 0 bridgehead atoms. The molecular weight excluding hydrogens is 461 g/mol. The van der Waals surface area contributed by atoms with Crippen LogP contribution in [-0.2, 0) is 33.8 Å². The topological polar surface area (TPSA) is 71.8 Å². The number of nitrogens with zero attached hydrogens (tertiary/aromatic N) is 3. The molecule has 0 radical (unpaired) electrons. The van der Waals surface area contributed by atoms with Crippen molar-refractivity contribution < 1.29 is 23.5 Å². The van der Waals surface area contributed by atoms with Gasteiger partial charge >= 0.3 is 12.0 Å². The summed E-state index contributed by atoms with van der Waals surface area (Å²) in [5.74, 6) is -0.916. The second-order valence-electron chi connectivity index (χ2n) is 8.60. The summed E-state index contributed by atoms with van der Waals surface area (Å²) >= 11 is 6.30. The lowest BCUT2D eigenvalue weighted by atomic mass is 9.97. The smallest absolute Gasteiger partial charge is 0.327 e. The van der Waals surface area contributed by atoms with Crippen molar-refractivity contribution in [3.05, 3.63) is 70.1 Å². The molecule has 0 spiro atoms. The van der Waals surface area contributed by atoms with Crippen LogP contribution in [-0.4, -0.2) is 52.0 Å². The molecule has 34 heavy (non-hydrogen) atoms. The van der Waals surface area contributed by atoms with E-state index in [2.05, 4.69) is 9.30 Å². The molecule has 2 aliphatic rings. The zero-order valence-corrected chi connectivity index (χ0v) is 19.3. The Morgan fingerprint density at radius 3 is 2.68 bits per heavy atom. The number of methoxy groups -OCH3 is 1. The normalized spacial score (nSPS) is 17.3. The highest BCUT2D eigenvalue weighted by atomic mass is 35.5. The van der Waals surface area contributed by atoms with E-state index in [1.807, 2.05) is 18.2 Å². The van der Waals surface area contributed by atoms with Crippen LogP contribution in [0.1, 0.15) is 29.7 Å². The Morgan fingerprint density at radius 2 is 1.94 bits per heavy atom. The minimum atomic E-state index is -0.571. The number of esters is 1. The Labute approximate surface area is 200 Å². The molecule has 3 aromatic rings. The van der Waals surface area contributed by atoms with Crippen molar-refractivity contribution in [2.45, 2.75) is 38.4 Å². The third kappa shape index (κ3) is 3.81. The zero-order chi connectivity index (χ0) is 24.0. The van der Waals surface area contributed by atoms with E-state index in [4.69, 9.17) is 11.6 Å². The van der Waals surface area contributed by atoms with E-state index < -0.39 is 6.04 Å².